The van der Waals surface area contributed by atoms with Crippen LogP contribution in [0.5, 0.6) is 0 Å². The van der Waals surface area contributed by atoms with Crippen LogP contribution in [-0.4, -0.2) is 28.9 Å². The van der Waals surface area contributed by atoms with E-state index in [2.05, 4.69) is 6.58 Å². The molecule has 0 aliphatic carbocycles. The Hall–Kier alpha value is -2.11. The van der Waals surface area contributed by atoms with E-state index in [0.717, 1.165) is 10.8 Å². The van der Waals surface area contributed by atoms with Crippen LogP contribution in [0.2, 0.25) is 0 Å². The Labute approximate surface area is 98.9 Å². The van der Waals surface area contributed by atoms with Gasteiger partial charge in [0.15, 0.2) is 0 Å². The Morgan fingerprint density at radius 2 is 1.94 bits per heavy atom. The van der Waals surface area contributed by atoms with Crippen LogP contribution in [0.15, 0.2) is 22.2 Å². The number of anilines is 1. The Kier molecular flexibility index (Phi) is 3.67. The van der Waals surface area contributed by atoms with E-state index < -0.39 is 11.2 Å². The first kappa shape index (κ1) is 13.0. The minimum atomic E-state index is -0.464. The SMILES string of the molecule is C=CCN(C)c1c(C=N)c(=O)n(C)c(=O)n1C. The average molecular weight is 236 g/mol. The predicted molar refractivity (Wildman–Crippen MR) is 68.3 cm³/mol. The highest BCUT2D eigenvalue weighted by atomic mass is 16.2. The van der Waals surface area contributed by atoms with Gasteiger partial charge in [0, 0.05) is 33.9 Å². The molecule has 6 heteroatoms. The molecule has 0 unspecified atom stereocenters. The Bertz CT molecular complexity index is 568. The lowest BCUT2D eigenvalue weighted by Crippen LogP contribution is -2.42. The Morgan fingerprint density at radius 1 is 1.35 bits per heavy atom. The van der Waals surface area contributed by atoms with Gasteiger partial charge < -0.3 is 10.3 Å². The van der Waals surface area contributed by atoms with Gasteiger partial charge in [-0.25, -0.2) is 4.79 Å². The first-order valence-electron chi connectivity index (χ1n) is 5.08. The van der Waals surface area contributed by atoms with Gasteiger partial charge in [0.2, 0.25) is 0 Å². The second kappa shape index (κ2) is 4.82. The predicted octanol–water partition coefficient (Wildman–Crippen LogP) is -0.296. The summed E-state index contributed by atoms with van der Waals surface area (Å²) in [5, 5.41) is 7.31. The third-order valence-corrected chi connectivity index (χ3v) is 2.58. The molecule has 92 valence electrons. The van der Waals surface area contributed by atoms with Crippen molar-refractivity contribution in [2.24, 2.45) is 14.1 Å². The topological polar surface area (TPSA) is 71.1 Å². The quantitative estimate of drug-likeness (QED) is 0.576. The zero-order valence-electron chi connectivity index (χ0n) is 10.2. The van der Waals surface area contributed by atoms with E-state index >= 15 is 0 Å². The average Bonchev–Trinajstić information content (AvgIpc) is 2.31. The molecule has 0 spiro atoms. The van der Waals surface area contributed by atoms with Crippen LogP contribution >= 0.6 is 0 Å². The van der Waals surface area contributed by atoms with Gasteiger partial charge in [-0.05, 0) is 0 Å². The minimum Gasteiger partial charge on any atom is -0.357 e. The number of hydrogen-bond donors (Lipinski definition) is 1. The molecule has 0 saturated carbocycles. The molecular formula is C11H16N4O2. The highest BCUT2D eigenvalue weighted by molar-refractivity contribution is 5.84. The molecule has 6 nitrogen and oxygen atoms in total. The van der Waals surface area contributed by atoms with Gasteiger partial charge in [-0.3, -0.25) is 13.9 Å². The maximum atomic E-state index is 11.8. The number of rotatable bonds is 4. The molecule has 0 aliphatic rings. The molecule has 17 heavy (non-hydrogen) atoms. The number of hydrogen-bond acceptors (Lipinski definition) is 4. The van der Waals surface area contributed by atoms with Gasteiger partial charge in [-0.2, -0.15) is 0 Å². The molecule has 0 bridgehead atoms. The van der Waals surface area contributed by atoms with Gasteiger partial charge in [0.1, 0.15) is 5.82 Å². The first-order chi connectivity index (χ1) is 7.95. The summed E-state index contributed by atoms with van der Waals surface area (Å²) >= 11 is 0. The largest absolute Gasteiger partial charge is 0.357 e. The van der Waals surface area contributed by atoms with Crippen molar-refractivity contribution in [3.63, 3.8) is 0 Å². The van der Waals surface area contributed by atoms with Crippen LogP contribution in [0.4, 0.5) is 5.82 Å². The summed E-state index contributed by atoms with van der Waals surface area (Å²) in [5.74, 6) is 0.424. The van der Waals surface area contributed by atoms with Crippen LogP contribution in [0.25, 0.3) is 0 Å². The second-order valence-corrected chi connectivity index (χ2v) is 3.76. The van der Waals surface area contributed by atoms with E-state index in [1.54, 1.807) is 25.1 Å². The number of aromatic nitrogens is 2. The lowest BCUT2D eigenvalue weighted by molar-refractivity contribution is 0.675. The minimum absolute atomic E-state index is 0.193. The lowest BCUT2D eigenvalue weighted by Gasteiger charge is -2.22. The van der Waals surface area contributed by atoms with Crippen LogP contribution in [0.1, 0.15) is 5.56 Å². The van der Waals surface area contributed by atoms with Gasteiger partial charge in [-0.1, -0.05) is 6.08 Å². The second-order valence-electron chi connectivity index (χ2n) is 3.76. The Balaban J connectivity index is 3.69. The van der Waals surface area contributed by atoms with Crippen molar-refractivity contribution >= 4 is 12.0 Å². The number of likely N-dealkylation sites (N-methyl/N-ethyl adjacent to an activating group) is 1. The molecule has 1 aromatic heterocycles. The summed E-state index contributed by atoms with van der Waals surface area (Å²) in [6.07, 6.45) is 2.63. The van der Waals surface area contributed by atoms with E-state index in [1.807, 2.05) is 0 Å². The van der Waals surface area contributed by atoms with Gasteiger partial charge in [0.05, 0.1) is 5.56 Å². The van der Waals surface area contributed by atoms with Crippen LogP contribution in [-0.2, 0) is 14.1 Å². The molecule has 0 amide bonds. The van der Waals surface area contributed by atoms with Crippen molar-refractivity contribution < 1.29 is 0 Å². The molecule has 0 radical (unpaired) electrons. The molecule has 0 atom stereocenters. The summed E-state index contributed by atoms with van der Waals surface area (Å²) in [7, 11) is 4.71. The highest BCUT2D eigenvalue weighted by Gasteiger charge is 2.16. The monoisotopic (exact) mass is 236 g/mol. The van der Waals surface area contributed by atoms with E-state index in [-0.39, 0.29) is 5.56 Å². The maximum absolute atomic E-state index is 11.8. The van der Waals surface area contributed by atoms with E-state index in [1.165, 1.54) is 11.6 Å². The summed E-state index contributed by atoms with van der Waals surface area (Å²) in [6, 6.07) is 0. The highest BCUT2D eigenvalue weighted by Crippen LogP contribution is 2.11. The van der Waals surface area contributed by atoms with Crippen molar-refractivity contribution in [2.75, 3.05) is 18.5 Å². The summed E-state index contributed by atoms with van der Waals surface area (Å²) in [6.45, 7) is 4.09. The maximum Gasteiger partial charge on any atom is 0.332 e. The van der Waals surface area contributed by atoms with Gasteiger partial charge >= 0.3 is 5.69 Å². The summed E-state index contributed by atoms with van der Waals surface area (Å²) < 4.78 is 2.34. The summed E-state index contributed by atoms with van der Waals surface area (Å²) in [5.41, 5.74) is -0.681. The molecule has 0 saturated heterocycles. The van der Waals surface area contributed by atoms with Crippen molar-refractivity contribution in [3.05, 3.63) is 39.1 Å². The van der Waals surface area contributed by atoms with Crippen LogP contribution in [0.3, 0.4) is 0 Å². The van der Waals surface area contributed by atoms with Crippen molar-refractivity contribution in [1.82, 2.24) is 9.13 Å². The van der Waals surface area contributed by atoms with Crippen molar-refractivity contribution in [1.29, 1.82) is 5.41 Å². The first-order valence-corrected chi connectivity index (χ1v) is 5.08. The number of nitrogens with one attached hydrogen (secondary N) is 1. The van der Waals surface area contributed by atoms with Gasteiger partial charge in [0.25, 0.3) is 5.56 Å². The zero-order chi connectivity index (χ0) is 13.2. The summed E-state index contributed by atoms with van der Waals surface area (Å²) in [4.78, 5) is 25.3. The van der Waals surface area contributed by atoms with Crippen molar-refractivity contribution in [3.8, 4) is 0 Å². The molecule has 0 aliphatic heterocycles. The fourth-order valence-electron chi connectivity index (χ4n) is 1.73. The molecule has 1 heterocycles. The standard InChI is InChI=1S/C11H16N4O2/c1-5-6-13(2)9-8(7-12)10(16)15(4)11(17)14(9)3/h5,7,12H,1,6H2,2-4H3. The fraction of sp³-hybridized carbons (Fsp3) is 0.364. The smallest absolute Gasteiger partial charge is 0.332 e. The third kappa shape index (κ3) is 2.06. The molecule has 1 rings (SSSR count). The Morgan fingerprint density at radius 3 is 2.41 bits per heavy atom. The van der Waals surface area contributed by atoms with E-state index in [0.29, 0.717) is 12.4 Å². The number of nitrogens with zero attached hydrogens (tertiary/aromatic N) is 3. The zero-order valence-corrected chi connectivity index (χ0v) is 10.2. The van der Waals surface area contributed by atoms with E-state index in [9.17, 15) is 9.59 Å². The molecule has 1 aromatic rings. The molecular weight excluding hydrogens is 220 g/mol. The van der Waals surface area contributed by atoms with Gasteiger partial charge in [-0.15, -0.1) is 6.58 Å². The van der Waals surface area contributed by atoms with Crippen LogP contribution in [0, 0.1) is 5.41 Å². The normalized spacial score (nSPS) is 10.1. The van der Waals surface area contributed by atoms with Crippen molar-refractivity contribution in [2.45, 2.75) is 0 Å². The third-order valence-electron chi connectivity index (χ3n) is 2.58. The molecule has 0 aromatic carbocycles. The van der Waals surface area contributed by atoms with E-state index in [4.69, 9.17) is 5.41 Å². The fourth-order valence-corrected chi connectivity index (χ4v) is 1.73. The van der Waals surface area contributed by atoms with Crippen LogP contribution < -0.4 is 16.1 Å². The molecule has 1 N–H and O–H groups in total. The lowest BCUT2D eigenvalue weighted by atomic mass is 10.3. The molecule has 0 fully saturated rings.